The third-order valence-corrected chi connectivity index (χ3v) is 3.03. The third kappa shape index (κ3) is 3.02. The van der Waals surface area contributed by atoms with E-state index in [-0.39, 0.29) is 18.3 Å². The Labute approximate surface area is 120 Å². The summed E-state index contributed by atoms with van der Waals surface area (Å²) in [4.78, 5) is 20.5. The molecule has 0 aliphatic rings. The topological polar surface area (TPSA) is 54.9 Å². The number of carbonyl (C=O) groups is 1. The van der Waals surface area contributed by atoms with Crippen LogP contribution in [0.1, 0.15) is 16.1 Å². The number of rotatable bonds is 3. The Kier molecular flexibility index (Phi) is 3.55. The fraction of sp³-hybridized carbons (Fsp3) is 0.0625. The standard InChI is InChI=1S/C16H12FN3O/c17-12-4-1-3-11(9-12)10-19-16(21)15-7-6-13-14(20-15)5-2-8-18-13/h1-9H,10H2,(H,19,21). The molecule has 2 aromatic heterocycles. The number of pyridine rings is 2. The molecule has 0 spiro atoms. The van der Waals surface area contributed by atoms with Crippen LogP contribution in [0, 0.1) is 5.82 Å². The molecule has 5 heteroatoms. The van der Waals surface area contributed by atoms with Crippen LogP contribution in [0.25, 0.3) is 11.0 Å². The van der Waals surface area contributed by atoms with Gasteiger partial charge in [0, 0.05) is 12.7 Å². The molecule has 104 valence electrons. The van der Waals surface area contributed by atoms with Gasteiger partial charge in [0.25, 0.3) is 5.91 Å². The molecule has 4 nitrogen and oxygen atoms in total. The predicted octanol–water partition coefficient (Wildman–Crippen LogP) is 2.70. The molecule has 0 saturated carbocycles. The predicted molar refractivity (Wildman–Crippen MR) is 77.1 cm³/mol. The van der Waals surface area contributed by atoms with Gasteiger partial charge >= 0.3 is 0 Å². The summed E-state index contributed by atoms with van der Waals surface area (Å²) in [7, 11) is 0. The molecule has 1 N–H and O–H groups in total. The van der Waals surface area contributed by atoms with Crippen molar-refractivity contribution in [1.29, 1.82) is 0 Å². The SMILES string of the molecule is O=C(NCc1cccc(F)c1)c1ccc2ncccc2n1. The second-order valence-corrected chi connectivity index (χ2v) is 4.55. The molecule has 3 rings (SSSR count). The van der Waals surface area contributed by atoms with Crippen molar-refractivity contribution in [2.45, 2.75) is 6.54 Å². The Morgan fingerprint density at radius 1 is 1.10 bits per heavy atom. The van der Waals surface area contributed by atoms with Gasteiger partial charge in [-0.1, -0.05) is 12.1 Å². The molecule has 2 heterocycles. The number of nitrogens with zero attached hydrogens (tertiary/aromatic N) is 2. The zero-order valence-corrected chi connectivity index (χ0v) is 11.1. The maximum atomic E-state index is 13.1. The van der Waals surface area contributed by atoms with Crippen molar-refractivity contribution in [1.82, 2.24) is 15.3 Å². The molecule has 0 saturated heterocycles. The number of fused-ring (bicyclic) bond motifs is 1. The van der Waals surface area contributed by atoms with Gasteiger partial charge in [0.15, 0.2) is 0 Å². The summed E-state index contributed by atoms with van der Waals surface area (Å²) < 4.78 is 13.1. The maximum absolute atomic E-state index is 13.1. The van der Waals surface area contributed by atoms with E-state index in [0.717, 1.165) is 5.52 Å². The highest BCUT2D eigenvalue weighted by Crippen LogP contribution is 2.09. The van der Waals surface area contributed by atoms with Crippen LogP contribution >= 0.6 is 0 Å². The highest BCUT2D eigenvalue weighted by atomic mass is 19.1. The number of benzene rings is 1. The Morgan fingerprint density at radius 2 is 2.00 bits per heavy atom. The van der Waals surface area contributed by atoms with Gasteiger partial charge in [-0.05, 0) is 42.0 Å². The fourth-order valence-electron chi connectivity index (χ4n) is 2.00. The molecular weight excluding hydrogens is 269 g/mol. The largest absolute Gasteiger partial charge is 0.347 e. The minimum atomic E-state index is -0.323. The Hall–Kier alpha value is -2.82. The van der Waals surface area contributed by atoms with Crippen molar-refractivity contribution in [2.24, 2.45) is 0 Å². The lowest BCUT2D eigenvalue weighted by atomic mass is 10.2. The minimum absolute atomic E-state index is 0.253. The van der Waals surface area contributed by atoms with Crippen molar-refractivity contribution in [3.8, 4) is 0 Å². The van der Waals surface area contributed by atoms with Crippen LogP contribution < -0.4 is 5.32 Å². The second-order valence-electron chi connectivity index (χ2n) is 4.55. The normalized spacial score (nSPS) is 10.5. The van der Waals surface area contributed by atoms with E-state index in [1.54, 1.807) is 42.6 Å². The van der Waals surface area contributed by atoms with Gasteiger partial charge in [0.2, 0.25) is 0 Å². The molecule has 1 aromatic carbocycles. The summed E-state index contributed by atoms with van der Waals surface area (Å²) in [6, 6.07) is 13.0. The summed E-state index contributed by atoms with van der Waals surface area (Å²) in [6.45, 7) is 0.253. The van der Waals surface area contributed by atoms with Crippen LogP contribution in [0.4, 0.5) is 4.39 Å². The lowest BCUT2D eigenvalue weighted by molar-refractivity contribution is 0.0946. The van der Waals surface area contributed by atoms with Gasteiger partial charge in [-0.15, -0.1) is 0 Å². The monoisotopic (exact) mass is 281 g/mol. The summed E-state index contributed by atoms with van der Waals surface area (Å²) in [6.07, 6.45) is 1.67. The van der Waals surface area contributed by atoms with Crippen molar-refractivity contribution < 1.29 is 9.18 Å². The molecule has 0 atom stereocenters. The second kappa shape index (κ2) is 5.66. The van der Waals surface area contributed by atoms with E-state index in [4.69, 9.17) is 0 Å². The van der Waals surface area contributed by atoms with Gasteiger partial charge in [-0.2, -0.15) is 0 Å². The van der Waals surface area contributed by atoms with Crippen molar-refractivity contribution in [3.63, 3.8) is 0 Å². The molecule has 0 radical (unpaired) electrons. The van der Waals surface area contributed by atoms with E-state index >= 15 is 0 Å². The smallest absolute Gasteiger partial charge is 0.270 e. The lowest BCUT2D eigenvalue weighted by Crippen LogP contribution is -2.23. The summed E-state index contributed by atoms with van der Waals surface area (Å²) in [5.41, 5.74) is 2.41. The van der Waals surface area contributed by atoms with Crippen LogP contribution in [-0.2, 0) is 6.54 Å². The van der Waals surface area contributed by atoms with Crippen molar-refractivity contribution in [3.05, 3.63) is 71.8 Å². The number of carbonyl (C=O) groups excluding carboxylic acids is 1. The van der Waals surface area contributed by atoms with Gasteiger partial charge in [-0.3, -0.25) is 9.78 Å². The fourth-order valence-corrected chi connectivity index (χ4v) is 2.00. The van der Waals surface area contributed by atoms with Gasteiger partial charge in [0.1, 0.15) is 11.5 Å². The number of aromatic nitrogens is 2. The average Bonchev–Trinajstić information content (AvgIpc) is 2.52. The number of hydrogen-bond acceptors (Lipinski definition) is 3. The number of amides is 1. The van der Waals surface area contributed by atoms with Crippen LogP contribution in [0.3, 0.4) is 0 Å². The minimum Gasteiger partial charge on any atom is -0.347 e. The first kappa shape index (κ1) is 13.2. The average molecular weight is 281 g/mol. The van der Waals surface area contributed by atoms with Crippen LogP contribution in [-0.4, -0.2) is 15.9 Å². The van der Waals surface area contributed by atoms with E-state index in [1.165, 1.54) is 12.1 Å². The Balaban J connectivity index is 1.74. The molecule has 0 bridgehead atoms. The van der Waals surface area contributed by atoms with Gasteiger partial charge < -0.3 is 5.32 Å². The van der Waals surface area contributed by atoms with Gasteiger partial charge in [0.05, 0.1) is 11.0 Å². The lowest BCUT2D eigenvalue weighted by Gasteiger charge is -2.05. The van der Waals surface area contributed by atoms with Gasteiger partial charge in [-0.25, -0.2) is 9.37 Å². The summed E-state index contributed by atoms with van der Waals surface area (Å²) >= 11 is 0. The van der Waals surface area contributed by atoms with Crippen molar-refractivity contribution >= 4 is 16.9 Å². The first-order chi connectivity index (χ1) is 10.2. The van der Waals surface area contributed by atoms with Crippen LogP contribution in [0.2, 0.25) is 0 Å². The summed E-state index contributed by atoms with van der Waals surface area (Å²) in [5.74, 6) is -0.623. The molecule has 3 aromatic rings. The third-order valence-electron chi connectivity index (χ3n) is 3.03. The zero-order valence-electron chi connectivity index (χ0n) is 11.1. The Bertz CT molecular complexity index is 804. The quantitative estimate of drug-likeness (QED) is 0.803. The molecular formula is C16H12FN3O. The first-order valence-electron chi connectivity index (χ1n) is 6.47. The molecule has 0 aliphatic heterocycles. The van der Waals surface area contributed by atoms with E-state index in [2.05, 4.69) is 15.3 Å². The number of halogens is 1. The Morgan fingerprint density at radius 3 is 2.86 bits per heavy atom. The molecule has 0 aliphatic carbocycles. The van der Waals surface area contributed by atoms with E-state index in [1.807, 2.05) is 0 Å². The van der Waals surface area contributed by atoms with E-state index in [0.29, 0.717) is 16.8 Å². The molecule has 0 unspecified atom stereocenters. The van der Waals surface area contributed by atoms with Crippen molar-refractivity contribution in [2.75, 3.05) is 0 Å². The number of hydrogen-bond donors (Lipinski definition) is 1. The highest BCUT2D eigenvalue weighted by molar-refractivity contribution is 5.94. The molecule has 0 fully saturated rings. The molecule has 1 amide bonds. The zero-order chi connectivity index (χ0) is 14.7. The van der Waals surface area contributed by atoms with Crippen LogP contribution in [0.5, 0.6) is 0 Å². The van der Waals surface area contributed by atoms with E-state index < -0.39 is 0 Å². The van der Waals surface area contributed by atoms with E-state index in [9.17, 15) is 9.18 Å². The maximum Gasteiger partial charge on any atom is 0.270 e. The molecule has 21 heavy (non-hydrogen) atoms. The summed E-state index contributed by atoms with van der Waals surface area (Å²) in [5, 5.41) is 2.72. The van der Waals surface area contributed by atoms with Crippen LogP contribution in [0.15, 0.2) is 54.7 Å². The first-order valence-corrected chi connectivity index (χ1v) is 6.47. The number of nitrogens with one attached hydrogen (secondary N) is 1. The highest BCUT2D eigenvalue weighted by Gasteiger charge is 2.08.